The summed E-state index contributed by atoms with van der Waals surface area (Å²) in [5.41, 5.74) is 8.34. The molecule has 3 aromatic rings. The molecule has 31 heavy (non-hydrogen) atoms. The van der Waals surface area contributed by atoms with Gasteiger partial charge in [-0.05, 0) is 37.6 Å². The van der Waals surface area contributed by atoms with Gasteiger partial charge in [-0.25, -0.2) is 4.79 Å². The highest BCUT2D eigenvalue weighted by molar-refractivity contribution is 6.30. The molecule has 1 aliphatic rings. The fourth-order valence-electron chi connectivity index (χ4n) is 3.55. The van der Waals surface area contributed by atoms with Gasteiger partial charge in [-0.1, -0.05) is 41.4 Å². The third-order valence-corrected chi connectivity index (χ3v) is 5.29. The molecule has 156 valence electrons. The van der Waals surface area contributed by atoms with Crippen LogP contribution in [0.15, 0.2) is 69.2 Å². The van der Waals surface area contributed by atoms with Crippen LogP contribution in [0.5, 0.6) is 11.5 Å². The first-order chi connectivity index (χ1) is 14.9. The molecule has 2 heterocycles. The number of halogens is 1. The Labute approximate surface area is 184 Å². The second kappa shape index (κ2) is 8.21. The van der Waals surface area contributed by atoms with Crippen molar-refractivity contribution in [2.24, 2.45) is 5.73 Å². The summed E-state index contributed by atoms with van der Waals surface area (Å²) in [7, 11) is 0. The van der Waals surface area contributed by atoms with Crippen LogP contribution in [0.25, 0.3) is 0 Å². The highest BCUT2D eigenvalue weighted by Gasteiger charge is 2.36. The molecule has 1 aromatic heterocycles. The van der Waals surface area contributed by atoms with Gasteiger partial charge in [0.15, 0.2) is 0 Å². The predicted octanol–water partition coefficient (Wildman–Crippen LogP) is 4.71. The Morgan fingerprint density at radius 2 is 1.90 bits per heavy atom. The topological polar surface area (TPSA) is 98.5 Å². The van der Waals surface area contributed by atoms with Crippen molar-refractivity contribution in [2.45, 2.75) is 26.4 Å². The average Bonchev–Trinajstić information content (AvgIpc) is 2.72. The quantitative estimate of drug-likeness (QED) is 0.638. The van der Waals surface area contributed by atoms with E-state index in [1.54, 1.807) is 31.2 Å². The van der Waals surface area contributed by atoms with Crippen molar-refractivity contribution in [3.8, 4) is 17.6 Å². The zero-order valence-corrected chi connectivity index (χ0v) is 17.7. The summed E-state index contributed by atoms with van der Waals surface area (Å²) in [6.45, 7) is 3.95. The third kappa shape index (κ3) is 4.00. The minimum Gasteiger partial charge on any atom is -0.489 e. The van der Waals surface area contributed by atoms with Gasteiger partial charge in [0.05, 0.1) is 11.5 Å². The summed E-state index contributed by atoms with van der Waals surface area (Å²) in [6.07, 6.45) is 0. The van der Waals surface area contributed by atoms with E-state index >= 15 is 0 Å². The molecule has 4 rings (SSSR count). The van der Waals surface area contributed by atoms with Gasteiger partial charge in [0.1, 0.15) is 35.5 Å². The van der Waals surface area contributed by atoms with Crippen LogP contribution in [0, 0.1) is 25.2 Å². The molecular formula is C24H19ClN2O4. The van der Waals surface area contributed by atoms with Crippen LogP contribution in [-0.4, -0.2) is 0 Å². The summed E-state index contributed by atoms with van der Waals surface area (Å²) in [6, 6.07) is 16.6. The fourth-order valence-corrected chi connectivity index (χ4v) is 3.73. The molecular weight excluding hydrogens is 416 g/mol. The van der Waals surface area contributed by atoms with E-state index in [0.717, 1.165) is 11.1 Å². The third-order valence-electron chi connectivity index (χ3n) is 5.05. The lowest BCUT2D eigenvalue weighted by molar-refractivity contribution is 0.301. The number of nitrogens with two attached hydrogens (primary N) is 1. The number of allylic oxidation sites excluding steroid dienone is 1. The zero-order chi connectivity index (χ0) is 22.1. The van der Waals surface area contributed by atoms with Gasteiger partial charge in [-0.2, -0.15) is 5.26 Å². The summed E-state index contributed by atoms with van der Waals surface area (Å²) >= 11 is 6.27. The molecule has 0 amide bonds. The van der Waals surface area contributed by atoms with E-state index < -0.39 is 11.5 Å². The summed E-state index contributed by atoms with van der Waals surface area (Å²) < 4.78 is 16.9. The lowest BCUT2D eigenvalue weighted by Crippen LogP contribution is -2.26. The van der Waals surface area contributed by atoms with E-state index in [4.69, 9.17) is 31.2 Å². The Balaban J connectivity index is 1.83. The van der Waals surface area contributed by atoms with Crippen molar-refractivity contribution < 1.29 is 13.9 Å². The normalized spacial score (nSPS) is 15.1. The maximum Gasteiger partial charge on any atom is 0.343 e. The number of rotatable bonds is 4. The number of aryl methyl sites for hydroxylation is 2. The highest BCUT2D eigenvalue weighted by atomic mass is 35.5. The Bertz CT molecular complexity index is 1290. The van der Waals surface area contributed by atoms with E-state index in [-0.39, 0.29) is 22.8 Å². The molecule has 0 bridgehead atoms. The van der Waals surface area contributed by atoms with Crippen LogP contribution in [0.1, 0.15) is 33.9 Å². The second-order valence-corrected chi connectivity index (χ2v) is 7.74. The Kier molecular flexibility index (Phi) is 5.45. The van der Waals surface area contributed by atoms with Crippen molar-refractivity contribution in [3.63, 3.8) is 0 Å². The average molecular weight is 435 g/mol. The van der Waals surface area contributed by atoms with Crippen LogP contribution >= 0.6 is 11.6 Å². The van der Waals surface area contributed by atoms with Crippen LogP contribution in [0.4, 0.5) is 0 Å². The standard InChI is InChI=1S/C24H19ClN2O4/c1-13-3-5-15(6-4-13)12-29-19-8-7-16(25)10-17(19)21-18(11-26)23(27)31-20-9-14(2)30-24(28)22(20)21/h3-10,21H,12,27H2,1-2H3/t21-/m1/s1. The largest absolute Gasteiger partial charge is 0.489 e. The molecule has 0 radical (unpaired) electrons. The van der Waals surface area contributed by atoms with E-state index in [1.807, 2.05) is 31.2 Å². The van der Waals surface area contributed by atoms with Gasteiger partial charge in [0.25, 0.3) is 0 Å². The molecule has 6 nitrogen and oxygen atoms in total. The number of hydrogen-bond donors (Lipinski definition) is 1. The molecule has 0 aliphatic carbocycles. The van der Waals surface area contributed by atoms with E-state index in [2.05, 4.69) is 6.07 Å². The Morgan fingerprint density at radius 3 is 2.61 bits per heavy atom. The van der Waals surface area contributed by atoms with Gasteiger partial charge in [-0.15, -0.1) is 0 Å². The SMILES string of the molecule is Cc1ccc(COc2ccc(Cl)cc2[C@@H]2C(C#N)=C(N)Oc3cc(C)oc(=O)c32)cc1. The van der Waals surface area contributed by atoms with E-state index in [9.17, 15) is 10.1 Å². The van der Waals surface area contributed by atoms with Gasteiger partial charge >= 0.3 is 5.63 Å². The Hall–Kier alpha value is -3.69. The summed E-state index contributed by atoms with van der Waals surface area (Å²) in [5.74, 6) is 0.187. The van der Waals surface area contributed by atoms with Crippen LogP contribution in [0.3, 0.4) is 0 Å². The van der Waals surface area contributed by atoms with Crippen molar-refractivity contribution >= 4 is 11.6 Å². The molecule has 0 unspecified atom stereocenters. The molecule has 7 heteroatoms. The van der Waals surface area contributed by atoms with Crippen molar-refractivity contribution in [1.29, 1.82) is 5.26 Å². The van der Waals surface area contributed by atoms with Crippen LogP contribution in [0.2, 0.25) is 5.02 Å². The van der Waals surface area contributed by atoms with Crippen LogP contribution in [-0.2, 0) is 6.61 Å². The first-order valence-electron chi connectivity index (χ1n) is 9.57. The van der Waals surface area contributed by atoms with Gasteiger partial charge in [0.2, 0.25) is 5.88 Å². The van der Waals surface area contributed by atoms with Crippen molar-refractivity contribution in [2.75, 3.05) is 0 Å². The molecule has 1 atom stereocenters. The minimum absolute atomic E-state index is 0.0746. The monoisotopic (exact) mass is 434 g/mol. The molecule has 0 spiro atoms. The molecule has 0 saturated carbocycles. The second-order valence-electron chi connectivity index (χ2n) is 7.30. The number of hydrogen-bond acceptors (Lipinski definition) is 6. The van der Waals surface area contributed by atoms with Gasteiger partial charge in [0, 0.05) is 16.7 Å². The number of nitrogens with zero attached hydrogens (tertiary/aromatic N) is 1. The lowest BCUT2D eigenvalue weighted by Gasteiger charge is -2.26. The molecule has 0 fully saturated rings. The minimum atomic E-state index is -0.836. The summed E-state index contributed by atoms with van der Waals surface area (Å²) in [4.78, 5) is 12.8. The number of nitriles is 1. The molecule has 1 aliphatic heterocycles. The molecule has 2 aromatic carbocycles. The van der Waals surface area contributed by atoms with Gasteiger partial charge in [-0.3, -0.25) is 0 Å². The van der Waals surface area contributed by atoms with Crippen molar-refractivity contribution in [1.82, 2.24) is 0 Å². The number of fused-ring (bicyclic) bond motifs is 1. The predicted molar refractivity (Wildman–Crippen MR) is 116 cm³/mol. The fraction of sp³-hybridized carbons (Fsp3) is 0.167. The smallest absolute Gasteiger partial charge is 0.343 e. The molecule has 0 saturated heterocycles. The Morgan fingerprint density at radius 1 is 1.16 bits per heavy atom. The lowest BCUT2D eigenvalue weighted by atomic mass is 9.84. The zero-order valence-electron chi connectivity index (χ0n) is 16.9. The van der Waals surface area contributed by atoms with E-state index in [1.165, 1.54) is 0 Å². The van der Waals surface area contributed by atoms with E-state index in [0.29, 0.717) is 28.7 Å². The summed E-state index contributed by atoms with van der Waals surface area (Å²) in [5, 5.41) is 10.2. The molecule has 2 N–H and O–H groups in total. The van der Waals surface area contributed by atoms with Crippen molar-refractivity contribution in [3.05, 3.63) is 103 Å². The first kappa shape index (κ1) is 20.6. The van der Waals surface area contributed by atoms with Crippen LogP contribution < -0.4 is 20.8 Å². The maximum absolute atomic E-state index is 12.8. The first-order valence-corrected chi connectivity index (χ1v) is 9.95. The van der Waals surface area contributed by atoms with Gasteiger partial charge < -0.3 is 19.6 Å². The number of ether oxygens (including phenoxy) is 2. The maximum atomic E-state index is 12.8. The highest BCUT2D eigenvalue weighted by Crippen LogP contribution is 2.44. The number of benzene rings is 2.